The summed E-state index contributed by atoms with van der Waals surface area (Å²) in [4.78, 5) is 33.5. The van der Waals surface area contributed by atoms with Crippen molar-refractivity contribution in [3.63, 3.8) is 0 Å². The lowest BCUT2D eigenvalue weighted by molar-refractivity contribution is -0.140. The predicted molar refractivity (Wildman–Crippen MR) is 77.6 cm³/mol. The molecule has 0 aliphatic heterocycles. The van der Waals surface area contributed by atoms with Crippen molar-refractivity contribution in [3.8, 4) is 0 Å². The molecule has 1 atom stereocenters. The number of benzene rings is 1. The zero-order chi connectivity index (χ0) is 15.3. The van der Waals surface area contributed by atoms with E-state index in [0.29, 0.717) is 8.95 Å². The highest BCUT2D eigenvalue weighted by molar-refractivity contribution is 9.11. The number of nitrogens with one attached hydrogen (secondary N) is 1. The molecular formula is C12H11Br2NO5. The number of amides is 1. The van der Waals surface area contributed by atoms with E-state index in [1.54, 1.807) is 12.1 Å². The van der Waals surface area contributed by atoms with Crippen LogP contribution < -0.4 is 5.32 Å². The van der Waals surface area contributed by atoms with Gasteiger partial charge in [-0.3, -0.25) is 9.59 Å². The van der Waals surface area contributed by atoms with Crippen molar-refractivity contribution >= 4 is 49.7 Å². The third-order valence-corrected chi connectivity index (χ3v) is 3.61. The van der Waals surface area contributed by atoms with E-state index in [2.05, 4.69) is 37.2 Å². The average molecular weight is 409 g/mol. The summed E-state index contributed by atoms with van der Waals surface area (Å²) in [7, 11) is 0. The van der Waals surface area contributed by atoms with Crippen LogP contribution in [0.1, 0.15) is 23.2 Å². The van der Waals surface area contributed by atoms with Gasteiger partial charge in [-0.25, -0.2) is 4.79 Å². The van der Waals surface area contributed by atoms with Gasteiger partial charge in [0.05, 0.1) is 5.56 Å². The number of carboxylic acid groups (broad SMARTS) is 2. The summed E-state index contributed by atoms with van der Waals surface area (Å²) >= 11 is 6.41. The average Bonchev–Trinajstić information content (AvgIpc) is 2.36. The van der Waals surface area contributed by atoms with E-state index in [1.807, 2.05) is 0 Å². The van der Waals surface area contributed by atoms with E-state index in [-0.39, 0.29) is 18.4 Å². The Labute approximate surface area is 131 Å². The standard InChI is InChI=1S/C12H11Br2NO5/c13-6-1-2-8(14)7(5-6)11(18)15-9(12(19)20)3-4-10(16)17/h1-2,5,9H,3-4H2,(H,15,18)(H,16,17)(H,19,20). The smallest absolute Gasteiger partial charge is 0.326 e. The van der Waals surface area contributed by atoms with E-state index in [9.17, 15) is 14.4 Å². The summed E-state index contributed by atoms with van der Waals surface area (Å²) in [6.07, 6.45) is -0.515. The summed E-state index contributed by atoms with van der Waals surface area (Å²) < 4.78 is 1.18. The van der Waals surface area contributed by atoms with E-state index in [0.717, 1.165) is 0 Å². The molecule has 1 amide bonds. The molecule has 0 radical (unpaired) electrons. The Balaban J connectivity index is 2.82. The third-order valence-electron chi connectivity index (χ3n) is 2.42. The van der Waals surface area contributed by atoms with Crippen LogP contribution in [0, 0.1) is 0 Å². The van der Waals surface area contributed by atoms with Gasteiger partial charge in [0.1, 0.15) is 6.04 Å². The van der Waals surface area contributed by atoms with Gasteiger partial charge in [-0.05, 0) is 40.5 Å². The van der Waals surface area contributed by atoms with Crippen LogP contribution in [-0.2, 0) is 9.59 Å². The molecule has 0 fully saturated rings. The van der Waals surface area contributed by atoms with Crippen molar-refractivity contribution in [1.29, 1.82) is 0 Å². The molecular weight excluding hydrogens is 398 g/mol. The van der Waals surface area contributed by atoms with Gasteiger partial charge < -0.3 is 15.5 Å². The molecule has 6 nitrogen and oxygen atoms in total. The summed E-state index contributed by atoms with van der Waals surface area (Å²) in [6.45, 7) is 0. The molecule has 0 spiro atoms. The fourth-order valence-corrected chi connectivity index (χ4v) is 2.22. The van der Waals surface area contributed by atoms with Crippen LogP contribution in [0.5, 0.6) is 0 Å². The van der Waals surface area contributed by atoms with Crippen molar-refractivity contribution in [1.82, 2.24) is 5.32 Å². The zero-order valence-corrected chi connectivity index (χ0v) is 13.3. The second kappa shape index (κ2) is 7.39. The minimum absolute atomic E-state index is 0.179. The predicted octanol–water partition coefficient (Wildman–Crippen LogP) is 2.26. The number of carbonyl (C=O) groups excluding carboxylic acids is 1. The molecule has 1 aromatic rings. The van der Waals surface area contributed by atoms with Crippen LogP contribution >= 0.6 is 31.9 Å². The third kappa shape index (κ3) is 4.93. The second-order valence-electron chi connectivity index (χ2n) is 3.92. The highest BCUT2D eigenvalue weighted by Crippen LogP contribution is 2.21. The molecule has 0 saturated carbocycles. The number of aliphatic carboxylic acids is 2. The highest BCUT2D eigenvalue weighted by atomic mass is 79.9. The molecule has 3 N–H and O–H groups in total. The normalized spacial score (nSPS) is 11.7. The molecule has 1 unspecified atom stereocenters. The topological polar surface area (TPSA) is 104 Å². The van der Waals surface area contributed by atoms with E-state index < -0.39 is 23.9 Å². The monoisotopic (exact) mass is 407 g/mol. The zero-order valence-electron chi connectivity index (χ0n) is 10.1. The Morgan fingerprint density at radius 2 is 1.85 bits per heavy atom. The molecule has 0 aliphatic rings. The van der Waals surface area contributed by atoms with Crippen LogP contribution in [0.4, 0.5) is 0 Å². The minimum Gasteiger partial charge on any atom is -0.481 e. The molecule has 20 heavy (non-hydrogen) atoms. The summed E-state index contributed by atoms with van der Waals surface area (Å²) in [5.74, 6) is -2.98. The van der Waals surface area contributed by atoms with Gasteiger partial charge in [0, 0.05) is 15.4 Å². The van der Waals surface area contributed by atoms with E-state index in [1.165, 1.54) is 6.07 Å². The first-order valence-electron chi connectivity index (χ1n) is 5.51. The Hall–Kier alpha value is -1.41. The molecule has 108 valence electrons. The van der Waals surface area contributed by atoms with Crippen LogP contribution in [0.25, 0.3) is 0 Å². The number of hydrogen-bond acceptors (Lipinski definition) is 3. The Bertz CT molecular complexity index is 547. The maximum Gasteiger partial charge on any atom is 0.326 e. The number of halogens is 2. The Kier molecular flexibility index (Phi) is 6.15. The summed E-state index contributed by atoms with van der Waals surface area (Å²) in [5.41, 5.74) is 0.265. The number of hydrogen-bond donors (Lipinski definition) is 3. The van der Waals surface area contributed by atoms with Gasteiger partial charge in [0.25, 0.3) is 5.91 Å². The van der Waals surface area contributed by atoms with Crippen molar-refractivity contribution in [2.45, 2.75) is 18.9 Å². The molecule has 1 rings (SSSR count). The Morgan fingerprint density at radius 1 is 1.20 bits per heavy atom. The van der Waals surface area contributed by atoms with Gasteiger partial charge >= 0.3 is 11.9 Å². The highest BCUT2D eigenvalue weighted by Gasteiger charge is 2.22. The number of carboxylic acids is 2. The van der Waals surface area contributed by atoms with Crippen molar-refractivity contribution in [3.05, 3.63) is 32.7 Å². The lowest BCUT2D eigenvalue weighted by Gasteiger charge is -2.14. The molecule has 0 aliphatic carbocycles. The first-order valence-corrected chi connectivity index (χ1v) is 7.10. The molecule has 0 aromatic heterocycles. The number of rotatable bonds is 6. The minimum atomic E-state index is -1.27. The van der Waals surface area contributed by atoms with Crippen molar-refractivity contribution in [2.75, 3.05) is 0 Å². The molecule has 0 bridgehead atoms. The van der Waals surface area contributed by atoms with Crippen molar-refractivity contribution < 1.29 is 24.6 Å². The quantitative estimate of drug-likeness (QED) is 0.669. The lowest BCUT2D eigenvalue weighted by Crippen LogP contribution is -2.41. The van der Waals surface area contributed by atoms with Crippen LogP contribution in [0.3, 0.4) is 0 Å². The van der Waals surface area contributed by atoms with Crippen LogP contribution in [-0.4, -0.2) is 34.1 Å². The Morgan fingerprint density at radius 3 is 2.40 bits per heavy atom. The fraction of sp³-hybridized carbons (Fsp3) is 0.250. The van der Waals surface area contributed by atoms with Gasteiger partial charge in [-0.1, -0.05) is 15.9 Å². The van der Waals surface area contributed by atoms with E-state index >= 15 is 0 Å². The van der Waals surface area contributed by atoms with Gasteiger partial charge in [0.15, 0.2) is 0 Å². The maximum atomic E-state index is 12.0. The summed E-state index contributed by atoms with van der Waals surface area (Å²) in [5, 5.41) is 19.8. The molecule has 8 heteroatoms. The van der Waals surface area contributed by atoms with Gasteiger partial charge in [0.2, 0.25) is 0 Å². The second-order valence-corrected chi connectivity index (χ2v) is 5.69. The van der Waals surface area contributed by atoms with Crippen LogP contribution in [0.15, 0.2) is 27.1 Å². The fourth-order valence-electron chi connectivity index (χ4n) is 1.43. The first kappa shape index (κ1) is 16.6. The van der Waals surface area contributed by atoms with Gasteiger partial charge in [-0.2, -0.15) is 0 Å². The van der Waals surface area contributed by atoms with Crippen molar-refractivity contribution in [2.24, 2.45) is 0 Å². The molecule has 0 heterocycles. The largest absolute Gasteiger partial charge is 0.481 e. The van der Waals surface area contributed by atoms with E-state index in [4.69, 9.17) is 10.2 Å². The lowest BCUT2D eigenvalue weighted by atomic mass is 10.1. The molecule has 1 aromatic carbocycles. The van der Waals surface area contributed by atoms with Gasteiger partial charge in [-0.15, -0.1) is 0 Å². The van der Waals surface area contributed by atoms with Crippen LogP contribution in [0.2, 0.25) is 0 Å². The SMILES string of the molecule is O=C(O)CCC(NC(=O)c1cc(Br)ccc1Br)C(=O)O. The molecule has 0 saturated heterocycles. The maximum absolute atomic E-state index is 12.0. The summed E-state index contributed by atoms with van der Waals surface area (Å²) in [6, 6.07) is 3.66. The number of carbonyl (C=O) groups is 3. The first-order chi connectivity index (χ1) is 9.31.